The number of aromatic nitrogens is 3. The molecule has 0 N–H and O–H groups in total. The fourth-order valence-electron chi connectivity index (χ4n) is 4.35. The highest BCUT2D eigenvalue weighted by molar-refractivity contribution is 5.79. The molecule has 5 nitrogen and oxygen atoms in total. The molecule has 3 heterocycles. The summed E-state index contributed by atoms with van der Waals surface area (Å²) in [5, 5.41) is 4.51. The van der Waals surface area contributed by atoms with Crippen LogP contribution in [0, 0.1) is 0 Å². The van der Waals surface area contributed by atoms with Gasteiger partial charge in [0.1, 0.15) is 5.69 Å². The quantitative estimate of drug-likeness (QED) is 0.795. The monoisotopic (exact) mass is 392 g/mol. The Morgan fingerprint density at radius 2 is 2.04 bits per heavy atom. The first kappa shape index (κ1) is 19.0. The Bertz CT molecular complexity index is 871. The minimum atomic E-state index is -4.51. The topological polar surface area (TPSA) is 51.0 Å². The van der Waals surface area contributed by atoms with Gasteiger partial charge in [-0.3, -0.25) is 14.5 Å². The normalized spacial score (nSPS) is 20.4. The maximum atomic E-state index is 12.9. The van der Waals surface area contributed by atoms with E-state index in [-0.39, 0.29) is 18.4 Å². The van der Waals surface area contributed by atoms with Gasteiger partial charge >= 0.3 is 6.18 Å². The molecule has 1 unspecified atom stereocenters. The standard InChI is InChI=1S/C20H23F3N4O/c1-13-11-27-17(16(10-25-27)15-4-2-3-5-15)12-26(13)19(28)9-14-6-7-24-18(8-14)20(21,22)23/h6-8,10,13,15H,2-5,9,11-12H2,1H3. The van der Waals surface area contributed by atoms with Crippen molar-refractivity contribution in [2.75, 3.05) is 0 Å². The van der Waals surface area contributed by atoms with E-state index in [0.717, 1.165) is 30.8 Å². The van der Waals surface area contributed by atoms with Crippen LogP contribution in [0.1, 0.15) is 61.0 Å². The molecule has 4 rings (SSSR count). The van der Waals surface area contributed by atoms with Crippen LogP contribution in [0.5, 0.6) is 0 Å². The smallest absolute Gasteiger partial charge is 0.332 e. The number of carbonyl (C=O) groups is 1. The van der Waals surface area contributed by atoms with Crippen LogP contribution < -0.4 is 0 Å². The van der Waals surface area contributed by atoms with E-state index in [2.05, 4.69) is 10.1 Å². The Morgan fingerprint density at radius 3 is 2.75 bits per heavy atom. The van der Waals surface area contributed by atoms with Crippen LogP contribution in [0.25, 0.3) is 0 Å². The molecule has 0 saturated heterocycles. The highest BCUT2D eigenvalue weighted by atomic mass is 19.4. The Morgan fingerprint density at radius 1 is 1.29 bits per heavy atom. The number of hydrogen-bond donors (Lipinski definition) is 0. The van der Waals surface area contributed by atoms with Gasteiger partial charge in [-0.1, -0.05) is 12.8 Å². The molecule has 0 spiro atoms. The van der Waals surface area contributed by atoms with E-state index in [1.807, 2.05) is 17.8 Å². The second kappa shape index (κ2) is 7.22. The summed E-state index contributed by atoms with van der Waals surface area (Å²) in [6.07, 6.45) is 3.21. The number of pyridine rings is 1. The summed E-state index contributed by atoms with van der Waals surface area (Å²) in [5.74, 6) is 0.334. The molecule has 2 aromatic heterocycles. The summed E-state index contributed by atoms with van der Waals surface area (Å²) < 4.78 is 40.6. The Hall–Kier alpha value is -2.38. The fourth-order valence-corrected chi connectivity index (χ4v) is 4.35. The average Bonchev–Trinajstić information content (AvgIpc) is 3.29. The van der Waals surface area contributed by atoms with Crippen molar-refractivity contribution in [3.05, 3.63) is 47.0 Å². The first-order valence-electron chi connectivity index (χ1n) is 9.69. The predicted octanol–water partition coefficient (Wildman–Crippen LogP) is 3.93. The number of rotatable bonds is 3. The lowest BCUT2D eigenvalue weighted by Gasteiger charge is -2.35. The van der Waals surface area contributed by atoms with E-state index in [4.69, 9.17) is 0 Å². The maximum absolute atomic E-state index is 12.9. The number of halogens is 3. The number of amides is 1. The van der Waals surface area contributed by atoms with E-state index in [1.165, 1.54) is 24.5 Å². The zero-order chi connectivity index (χ0) is 19.9. The molecule has 2 aliphatic rings. The highest BCUT2D eigenvalue weighted by Gasteiger charge is 2.34. The molecule has 0 aromatic carbocycles. The summed E-state index contributed by atoms with van der Waals surface area (Å²) in [4.78, 5) is 18.0. The molecule has 0 bridgehead atoms. The van der Waals surface area contributed by atoms with Gasteiger partial charge in [0.2, 0.25) is 5.91 Å². The van der Waals surface area contributed by atoms with Crippen molar-refractivity contribution in [3.63, 3.8) is 0 Å². The van der Waals surface area contributed by atoms with Crippen molar-refractivity contribution in [3.8, 4) is 0 Å². The van der Waals surface area contributed by atoms with Crippen LogP contribution in [-0.4, -0.2) is 31.6 Å². The van der Waals surface area contributed by atoms with E-state index < -0.39 is 11.9 Å². The number of nitrogens with zero attached hydrogens (tertiary/aromatic N) is 4. The van der Waals surface area contributed by atoms with Crippen LogP contribution in [0.15, 0.2) is 24.5 Å². The minimum Gasteiger partial charge on any atom is -0.332 e. The van der Waals surface area contributed by atoms with Crippen LogP contribution in [0.2, 0.25) is 0 Å². The molecule has 28 heavy (non-hydrogen) atoms. The Kier molecular flexibility index (Phi) is 4.89. The van der Waals surface area contributed by atoms with Crippen molar-refractivity contribution in [1.29, 1.82) is 0 Å². The van der Waals surface area contributed by atoms with Gasteiger partial charge in [-0.15, -0.1) is 0 Å². The molecule has 150 valence electrons. The molecule has 0 radical (unpaired) electrons. The molecule has 1 amide bonds. The zero-order valence-electron chi connectivity index (χ0n) is 15.7. The van der Waals surface area contributed by atoms with Crippen LogP contribution in [-0.2, 0) is 30.5 Å². The van der Waals surface area contributed by atoms with E-state index in [9.17, 15) is 18.0 Å². The second-order valence-electron chi connectivity index (χ2n) is 7.80. The van der Waals surface area contributed by atoms with E-state index in [0.29, 0.717) is 24.6 Å². The minimum absolute atomic E-state index is 0.0553. The lowest BCUT2D eigenvalue weighted by molar-refractivity contribution is -0.141. The molecule has 8 heteroatoms. The first-order chi connectivity index (χ1) is 13.3. The van der Waals surface area contributed by atoms with Gasteiger partial charge in [-0.05, 0) is 48.9 Å². The van der Waals surface area contributed by atoms with Gasteiger partial charge in [0.15, 0.2) is 0 Å². The third-order valence-corrected chi connectivity index (χ3v) is 5.86. The molecule has 1 fully saturated rings. The zero-order valence-corrected chi connectivity index (χ0v) is 15.7. The van der Waals surface area contributed by atoms with E-state index >= 15 is 0 Å². The second-order valence-corrected chi connectivity index (χ2v) is 7.80. The van der Waals surface area contributed by atoms with Gasteiger partial charge < -0.3 is 4.90 Å². The Labute approximate surface area is 161 Å². The number of fused-ring (bicyclic) bond motifs is 1. The average molecular weight is 392 g/mol. The summed E-state index contributed by atoms with van der Waals surface area (Å²) in [5.41, 5.74) is 1.66. The van der Waals surface area contributed by atoms with Crippen LogP contribution in [0.4, 0.5) is 13.2 Å². The van der Waals surface area contributed by atoms with Gasteiger partial charge in [-0.25, -0.2) is 0 Å². The SMILES string of the molecule is CC1Cn2ncc(C3CCCC3)c2CN1C(=O)Cc1ccnc(C(F)(F)F)c1. The first-order valence-corrected chi connectivity index (χ1v) is 9.69. The number of alkyl halides is 3. The van der Waals surface area contributed by atoms with Crippen LogP contribution >= 0.6 is 0 Å². The van der Waals surface area contributed by atoms with Crippen molar-refractivity contribution < 1.29 is 18.0 Å². The molecular weight excluding hydrogens is 369 g/mol. The Balaban J connectivity index is 1.52. The lowest BCUT2D eigenvalue weighted by atomic mass is 9.97. The number of hydrogen-bond acceptors (Lipinski definition) is 3. The van der Waals surface area contributed by atoms with Crippen LogP contribution in [0.3, 0.4) is 0 Å². The molecule has 2 aromatic rings. The number of carbonyl (C=O) groups excluding carboxylic acids is 1. The summed E-state index contributed by atoms with van der Waals surface area (Å²) in [7, 11) is 0. The highest BCUT2D eigenvalue weighted by Crippen LogP contribution is 2.37. The van der Waals surface area contributed by atoms with Gasteiger partial charge in [0, 0.05) is 12.2 Å². The predicted molar refractivity (Wildman–Crippen MR) is 96.4 cm³/mol. The van der Waals surface area contributed by atoms with Crippen molar-refractivity contribution in [2.24, 2.45) is 0 Å². The lowest BCUT2D eigenvalue weighted by Crippen LogP contribution is -2.45. The summed E-state index contributed by atoms with van der Waals surface area (Å²) in [6.45, 7) is 3.02. The molecule has 1 atom stereocenters. The molecule has 1 aliphatic carbocycles. The fraction of sp³-hybridized carbons (Fsp3) is 0.550. The summed E-state index contributed by atoms with van der Waals surface area (Å²) >= 11 is 0. The van der Waals surface area contributed by atoms with Gasteiger partial charge in [0.25, 0.3) is 0 Å². The maximum Gasteiger partial charge on any atom is 0.433 e. The molecule has 1 aliphatic heterocycles. The third kappa shape index (κ3) is 3.64. The van der Waals surface area contributed by atoms with Gasteiger partial charge in [0.05, 0.1) is 31.4 Å². The largest absolute Gasteiger partial charge is 0.433 e. The molecular formula is C20H23F3N4O. The molecule has 1 saturated carbocycles. The van der Waals surface area contributed by atoms with Crippen molar-refractivity contribution in [1.82, 2.24) is 19.7 Å². The van der Waals surface area contributed by atoms with Crippen molar-refractivity contribution >= 4 is 5.91 Å². The third-order valence-electron chi connectivity index (χ3n) is 5.86. The van der Waals surface area contributed by atoms with Gasteiger partial charge in [-0.2, -0.15) is 18.3 Å². The van der Waals surface area contributed by atoms with Crippen molar-refractivity contribution in [2.45, 2.75) is 70.3 Å². The van der Waals surface area contributed by atoms with E-state index in [1.54, 1.807) is 4.90 Å². The summed E-state index contributed by atoms with van der Waals surface area (Å²) in [6, 6.07) is 2.37.